The van der Waals surface area contributed by atoms with Crippen LogP contribution in [0.2, 0.25) is 0 Å². The summed E-state index contributed by atoms with van der Waals surface area (Å²) in [5.74, 6) is 0.674. The number of hydrogen-bond donors (Lipinski definition) is 0. The number of carbonyl (C=O) groups excluding carboxylic acids is 3. The number of ketones is 3. The van der Waals surface area contributed by atoms with Gasteiger partial charge in [0.05, 0.1) is 6.42 Å². The van der Waals surface area contributed by atoms with E-state index in [4.69, 9.17) is 0 Å². The van der Waals surface area contributed by atoms with Crippen LogP contribution in [0.15, 0.2) is 54.1 Å². The summed E-state index contributed by atoms with van der Waals surface area (Å²) in [6, 6.07) is 15.0. The molecular weight excluding hydrogens is 468 g/mol. The monoisotopic (exact) mass is 514 g/mol. The lowest BCUT2D eigenvalue weighted by Gasteiger charge is -2.32. The van der Waals surface area contributed by atoms with Gasteiger partial charge < -0.3 is 0 Å². The van der Waals surface area contributed by atoms with Crippen molar-refractivity contribution in [1.29, 1.82) is 0 Å². The largest absolute Gasteiger partial charge is 0.300 e. The van der Waals surface area contributed by atoms with Crippen LogP contribution in [0.5, 0.6) is 0 Å². The highest BCUT2D eigenvalue weighted by atomic mass is 16.1. The van der Waals surface area contributed by atoms with Crippen LogP contribution in [0.1, 0.15) is 105 Å². The molecule has 0 bridgehead atoms. The number of fused-ring (bicyclic) bond motifs is 1. The fourth-order valence-electron chi connectivity index (χ4n) is 6.49. The lowest BCUT2D eigenvalue weighted by Crippen LogP contribution is -2.30. The van der Waals surface area contributed by atoms with Gasteiger partial charge >= 0.3 is 0 Å². The molecule has 0 amide bonds. The van der Waals surface area contributed by atoms with E-state index in [1.54, 1.807) is 0 Å². The molecule has 3 rings (SSSR count). The zero-order valence-electron chi connectivity index (χ0n) is 24.1. The molecule has 0 fully saturated rings. The molecular formula is C35H46O3. The maximum Gasteiger partial charge on any atom is 0.163 e. The van der Waals surface area contributed by atoms with Crippen LogP contribution < -0.4 is 0 Å². The summed E-state index contributed by atoms with van der Waals surface area (Å²) < 4.78 is 0. The van der Waals surface area contributed by atoms with Gasteiger partial charge in [0.25, 0.3) is 0 Å². The molecule has 204 valence electrons. The Hall–Kier alpha value is -2.81. The molecule has 0 aromatic heterocycles. The fourth-order valence-corrected chi connectivity index (χ4v) is 6.49. The molecule has 0 radical (unpaired) electrons. The molecule has 1 aliphatic carbocycles. The molecule has 0 spiro atoms. The molecule has 2 aromatic rings. The molecule has 0 N–H and O–H groups in total. The Morgan fingerprint density at radius 2 is 1.79 bits per heavy atom. The molecule has 3 nitrogen and oxygen atoms in total. The minimum Gasteiger partial charge on any atom is -0.300 e. The number of Topliss-reactive ketones (excluding diaryl/α,β-unsaturated/α-hetero) is 3. The maximum absolute atomic E-state index is 13.5. The summed E-state index contributed by atoms with van der Waals surface area (Å²) in [6.07, 6.45) is 10.2. The van der Waals surface area contributed by atoms with Crippen LogP contribution in [0.3, 0.4) is 0 Å². The Bertz CT molecular complexity index is 1140. The number of rotatable bonds is 14. The van der Waals surface area contributed by atoms with E-state index >= 15 is 0 Å². The lowest BCUT2D eigenvalue weighted by atomic mass is 9.71. The van der Waals surface area contributed by atoms with E-state index in [1.807, 2.05) is 0 Å². The van der Waals surface area contributed by atoms with E-state index < -0.39 is 0 Å². The zero-order chi connectivity index (χ0) is 27.7. The molecule has 0 aliphatic heterocycles. The second-order valence-corrected chi connectivity index (χ2v) is 11.3. The number of aryl methyl sites for hydroxylation is 1. The molecule has 3 atom stereocenters. The quantitative estimate of drug-likeness (QED) is 0.188. The van der Waals surface area contributed by atoms with Crippen LogP contribution in [-0.2, 0) is 28.9 Å². The highest BCUT2D eigenvalue weighted by molar-refractivity contribution is 6.00. The minimum absolute atomic E-state index is 0.0344. The first-order valence-corrected chi connectivity index (χ1v) is 14.6. The van der Waals surface area contributed by atoms with Gasteiger partial charge in [0.15, 0.2) is 5.78 Å². The first-order valence-electron chi connectivity index (χ1n) is 14.6. The van der Waals surface area contributed by atoms with Crippen molar-refractivity contribution in [3.63, 3.8) is 0 Å². The van der Waals surface area contributed by atoms with Crippen LogP contribution in [0, 0.1) is 24.7 Å². The Labute approximate surface area is 230 Å². The molecule has 3 heteroatoms. The zero-order valence-corrected chi connectivity index (χ0v) is 24.1. The van der Waals surface area contributed by atoms with E-state index in [1.165, 1.54) is 23.6 Å². The summed E-state index contributed by atoms with van der Waals surface area (Å²) >= 11 is 0. The standard InChI is InChI=1S/C35H46O3/c1-6-12-30(32(8-3)33(37)19-24(4)36)21-28-22-31-18-17-29(25(5)35(31)34(38)23-28)20-26(7-2)15-16-27-13-10-9-11-14-27/h7,9-11,13-14,17-18,28,30,32H,6,8,12,15-16,19-23H2,1-5H3/b26-7+. The molecule has 1 aliphatic rings. The Morgan fingerprint density at radius 1 is 1.05 bits per heavy atom. The van der Waals surface area contributed by atoms with Crippen LogP contribution >= 0.6 is 0 Å². The number of carbonyl (C=O) groups is 3. The van der Waals surface area contributed by atoms with Crippen molar-refractivity contribution in [3.8, 4) is 0 Å². The average Bonchev–Trinajstić information content (AvgIpc) is 2.88. The van der Waals surface area contributed by atoms with Gasteiger partial charge in [-0.05, 0) is 93.4 Å². The predicted molar refractivity (Wildman–Crippen MR) is 157 cm³/mol. The van der Waals surface area contributed by atoms with E-state index in [9.17, 15) is 14.4 Å². The Morgan fingerprint density at radius 3 is 2.42 bits per heavy atom. The fraction of sp³-hybridized carbons (Fsp3) is 0.514. The van der Waals surface area contributed by atoms with Crippen LogP contribution in [-0.4, -0.2) is 17.3 Å². The van der Waals surface area contributed by atoms with E-state index in [2.05, 4.69) is 76.2 Å². The van der Waals surface area contributed by atoms with Crippen molar-refractivity contribution < 1.29 is 14.4 Å². The number of benzene rings is 2. The highest BCUT2D eigenvalue weighted by Gasteiger charge is 2.33. The third kappa shape index (κ3) is 7.85. The third-order valence-electron chi connectivity index (χ3n) is 8.47. The number of allylic oxidation sites excluding steroid dienone is 2. The average molecular weight is 515 g/mol. The first-order chi connectivity index (χ1) is 18.3. The lowest BCUT2D eigenvalue weighted by molar-refractivity contribution is -0.129. The Kier molecular flexibility index (Phi) is 11.2. The van der Waals surface area contributed by atoms with Gasteiger partial charge in [-0.15, -0.1) is 0 Å². The molecule has 0 saturated carbocycles. The van der Waals surface area contributed by atoms with Gasteiger partial charge in [0.1, 0.15) is 11.6 Å². The van der Waals surface area contributed by atoms with Crippen molar-refractivity contribution in [2.45, 2.75) is 98.8 Å². The van der Waals surface area contributed by atoms with Gasteiger partial charge in [-0.25, -0.2) is 0 Å². The predicted octanol–water partition coefficient (Wildman–Crippen LogP) is 8.24. The number of hydrogen-bond acceptors (Lipinski definition) is 3. The molecule has 0 heterocycles. The van der Waals surface area contributed by atoms with Gasteiger partial charge in [-0.1, -0.05) is 80.8 Å². The van der Waals surface area contributed by atoms with Gasteiger partial charge in [0.2, 0.25) is 0 Å². The van der Waals surface area contributed by atoms with Gasteiger partial charge in [0, 0.05) is 17.9 Å². The molecule has 2 aromatic carbocycles. The van der Waals surface area contributed by atoms with Gasteiger partial charge in [-0.3, -0.25) is 14.4 Å². The second kappa shape index (κ2) is 14.4. The normalized spacial score (nSPS) is 17.1. The SMILES string of the molecule is C/C=C(\CCc1ccccc1)Cc1ccc2c(c1C)C(=O)CC(CC(CCC)C(CC)C(=O)CC(C)=O)C2. The maximum atomic E-state index is 13.5. The van der Waals surface area contributed by atoms with E-state index in [0.29, 0.717) is 6.42 Å². The third-order valence-corrected chi connectivity index (χ3v) is 8.47. The van der Waals surface area contributed by atoms with Crippen LogP contribution in [0.25, 0.3) is 0 Å². The summed E-state index contributed by atoms with van der Waals surface area (Å²) in [5, 5.41) is 0. The topological polar surface area (TPSA) is 51.2 Å². The van der Waals surface area contributed by atoms with Crippen molar-refractivity contribution in [3.05, 3.63) is 81.9 Å². The highest BCUT2D eigenvalue weighted by Crippen LogP contribution is 2.37. The van der Waals surface area contributed by atoms with Crippen molar-refractivity contribution >= 4 is 17.3 Å². The smallest absolute Gasteiger partial charge is 0.163 e. The molecule has 3 unspecified atom stereocenters. The summed E-state index contributed by atoms with van der Waals surface area (Å²) in [5.41, 5.74) is 7.24. The van der Waals surface area contributed by atoms with Gasteiger partial charge in [-0.2, -0.15) is 0 Å². The van der Waals surface area contributed by atoms with Crippen molar-refractivity contribution in [2.75, 3.05) is 0 Å². The van der Waals surface area contributed by atoms with Crippen molar-refractivity contribution in [2.24, 2.45) is 17.8 Å². The van der Waals surface area contributed by atoms with E-state index in [-0.39, 0.29) is 41.5 Å². The summed E-state index contributed by atoms with van der Waals surface area (Å²) in [4.78, 5) is 37.9. The second-order valence-electron chi connectivity index (χ2n) is 11.3. The molecule has 0 saturated heterocycles. The minimum atomic E-state index is -0.0883. The van der Waals surface area contributed by atoms with Crippen molar-refractivity contribution in [1.82, 2.24) is 0 Å². The molecule has 38 heavy (non-hydrogen) atoms. The Balaban J connectivity index is 1.72. The first kappa shape index (κ1) is 29.7. The summed E-state index contributed by atoms with van der Waals surface area (Å²) in [7, 11) is 0. The van der Waals surface area contributed by atoms with Crippen LogP contribution in [0.4, 0.5) is 0 Å². The summed E-state index contributed by atoms with van der Waals surface area (Å²) in [6.45, 7) is 9.93. The van der Waals surface area contributed by atoms with E-state index in [0.717, 1.165) is 68.1 Å².